The van der Waals surface area contributed by atoms with E-state index in [9.17, 15) is 4.79 Å². The summed E-state index contributed by atoms with van der Waals surface area (Å²) < 4.78 is 5.83. The third-order valence-corrected chi connectivity index (χ3v) is 7.15. The van der Waals surface area contributed by atoms with Crippen molar-refractivity contribution in [1.82, 2.24) is 15.0 Å². The van der Waals surface area contributed by atoms with Crippen LogP contribution in [-0.2, 0) is 11.8 Å². The first-order valence-electron chi connectivity index (χ1n) is 13.6. The second-order valence-corrected chi connectivity index (χ2v) is 11.2. The molecule has 0 aliphatic carbocycles. The van der Waals surface area contributed by atoms with Crippen LogP contribution in [0.25, 0.3) is 33.0 Å². The minimum absolute atomic E-state index is 0.119. The summed E-state index contributed by atoms with van der Waals surface area (Å²) in [5.41, 5.74) is 7.74. The number of aromatic nitrogens is 3. The Morgan fingerprint density at radius 2 is 1.63 bits per heavy atom. The molecular weight excluding hydrogens is 510 g/mol. The van der Waals surface area contributed by atoms with Gasteiger partial charge in [0, 0.05) is 48.6 Å². The van der Waals surface area contributed by atoms with E-state index in [1.54, 1.807) is 19.3 Å². The standard InChI is InChI=1S/C34H31N5O2/c1-21-37-30-18-24(34(2,3)4)19-31(32(30)41-21)39-33(40)38-29-12-11-26(27-7-5-6-8-28(27)29)23-9-10-25(36-20-23)17-22-13-15-35-16-14-22/h5-16,18-20H,17H2,1-4H3,(H2,38,39,40). The Morgan fingerprint density at radius 3 is 2.37 bits per heavy atom. The highest BCUT2D eigenvalue weighted by atomic mass is 16.3. The Hall–Kier alpha value is -5.04. The van der Waals surface area contributed by atoms with Crippen LogP contribution in [-0.4, -0.2) is 21.0 Å². The first-order valence-corrected chi connectivity index (χ1v) is 13.6. The van der Waals surface area contributed by atoms with Gasteiger partial charge in [0.15, 0.2) is 11.5 Å². The summed E-state index contributed by atoms with van der Waals surface area (Å²) in [6.45, 7) is 8.19. The molecule has 0 aliphatic heterocycles. The van der Waals surface area contributed by atoms with Crippen LogP contribution >= 0.6 is 0 Å². The summed E-state index contributed by atoms with van der Waals surface area (Å²) >= 11 is 0. The second-order valence-electron chi connectivity index (χ2n) is 11.2. The number of amides is 2. The molecule has 2 amide bonds. The molecule has 0 atom stereocenters. The maximum atomic E-state index is 13.3. The largest absolute Gasteiger partial charge is 0.439 e. The Bertz CT molecular complexity index is 1870. The smallest absolute Gasteiger partial charge is 0.323 e. The van der Waals surface area contributed by atoms with Crippen LogP contribution < -0.4 is 10.6 Å². The maximum absolute atomic E-state index is 13.3. The van der Waals surface area contributed by atoms with E-state index in [0.29, 0.717) is 22.8 Å². The van der Waals surface area contributed by atoms with Gasteiger partial charge in [-0.1, -0.05) is 57.2 Å². The lowest BCUT2D eigenvalue weighted by Gasteiger charge is -2.20. The fraction of sp³-hybridized carbons (Fsp3) is 0.176. The molecule has 0 saturated heterocycles. The molecule has 41 heavy (non-hydrogen) atoms. The van der Waals surface area contributed by atoms with Crippen molar-refractivity contribution in [3.05, 3.63) is 114 Å². The molecule has 0 unspecified atom stereocenters. The SMILES string of the molecule is Cc1nc2cc(C(C)(C)C)cc(NC(=O)Nc3ccc(-c4ccc(Cc5ccncc5)nc4)c4ccccc34)c2o1. The third-order valence-electron chi connectivity index (χ3n) is 7.15. The number of anilines is 2. The van der Waals surface area contributed by atoms with Gasteiger partial charge in [0.2, 0.25) is 0 Å². The molecule has 0 radical (unpaired) electrons. The third kappa shape index (κ3) is 5.52. The molecule has 6 aromatic rings. The second kappa shape index (κ2) is 10.5. The number of rotatable bonds is 5. The lowest BCUT2D eigenvalue weighted by Crippen LogP contribution is -2.20. The zero-order valence-electron chi connectivity index (χ0n) is 23.5. The van der Waals surface area contributed by atoms with E-state index >= 15 is 0 Å². The molecule has 0 fully saturated rings. The minimum Gasteiger partial charge on any atom is -0.439 e. The van der Waals surface area contributed by atoms with Crippen LogP contribution in [0.5, 0.6) is 0 Å². The number of carbonyl (C=O) groups excluding carboxylic acids is 1. The predicted octanol–water partition coefficient (Wildman–Crippen LogP) is 8.28. The highest BCUT2D eigenvalue weighted by molar-refractivity contribution is 6.11. The van der Waals surface area contributed by atoms with Crippen LogP contribution in [0.4, 0.5) is 16.2 Å². The van der Waals surface area contributed by atoms with Gasteiger partial charge in [-0.2, -0.15) is 0 Å². The van der Waals surface area contributed by atoms with E-state index < -0.39 is 0 Å². The number of carbonyl (C=O) groups is 1. The predicted molar refractivity (Wildman–Crippen MR) is 164 cm³/mol. The molecule has 204 valence electrons. The zero-order chi connectivity index (χ0) is 28.6. The topological polar surface area (TPSA) is 92.9 Å². The molecule has 7 heteroatoms. The highest BCUT2D eigenvalue weighted by Crippen LogP contribution is 2.35. The summed E-state index contributed by atoms with van der Waals surface area (Å²) in [5, 5.41) is 8.00. The van der Waals surface area contributed by atoms with Gasteiger partial charge in [-0.15, -0.1) is 0 Å². The average molecular weight is 542 g/mol. The first kappa shape index (κ1) is 26.2. The molecule has 3 heterocycles. The Labute approximate surface area is 238 Å². The monoisotopic (exact) mass is 541 g/mol. The molecular formula is C34H31N5O2. The van der Waals surface area contributed by atoms with Crippen molar-refractivity contribution in [3.8, 4) is 11.1 Å². The van der Waals surface area contributed by atoms with Crippen LogP contribution in [0.3, 0.4) is 0 Å². The number of fused-ring (bicyclic) bond motifs is 2. The molecule has 3 aromatic carbocycles. The van der Waals surface area contributed by atoms with Gasteiger partial charge in [-0.05, 0) is 63.9 Å². The van der Waals surface area contributed by atoms with E-state index in [0.717, 1.165) is 45.1 Å². The number of pyridine rings is 2. The van der Waals surface area contributed by atoms with Gasteiger partial charge in [-0.25, -0.2) is 9.78 Å². The van der Waals surface area contributed by atoms with Gasteiger partial charge in [0.1, 0.15) is 5.52 Å². The van der Waals surface area contributed by atoms with Crippen LogP contribution in [0.2, 0.25) is 0 Å². The van der Waals surface area contributed by atoms with E-state index in [4.69, 9.17) is 9.40 Å². The van der Waals surface area contributed by atoms with E-state index in [1.165, 1.54) is 5.56 Å². The maximum Gasteiger partial charge on any atom is 0.323 e. The molecule has 0 aliphatic rings. The van der Waals surface area contributed by atoms with Crippen LogP contribution in [0.1, 0.15) is 43.5 Å². The summed E-state index contributed by atoms with van der Waals surface area (Å²) in [5.74, 6) is 0.552. The van der Waals surface area contributed by atoms with Crippen molar-refractivity contribution in [3.63, 3.8) is 0 Å². The molecule has 6 rings (SSSR count). The van der Waals surface area contributed by atoms with Gasteiger partial charge < -0.3 is 15.1 Å². The normalized spacial score (nSPS) is 11.6. The van der Waals surface area contributed by atoms with Crippen molar-refractivity contribution in [2.24, 2.45) is 0 Å². The summed E-state index contributed by atoms with van der Waals surface area (Å²) in [6.07, 6.45) is 6.25. The van der Waals surface area contributed by atoms with E-state index in [-0.39, 0.29) is 11.4 Å². The van der Waals surface area contributed by atoms with Gasteiger partial charge in [-0.3, -0.25) is 9.97 Å². The Balaban J connectivity index is 1.27. The number of nitrogens with zero attached hydrogens (tertiary/aromatic N) is 3. The Morgan fingerprint density at radius 1 is 0.878 bits per heavy atom. The molecule has 2 N–H and O–H groups in total. The number of benzene rings is 3. The van der Waals surface area contributed by atoms with Crippen molar-refractivity contribution in [1.29, 1.82) is 0 Å². The summed E-state index contributed by atoms with van der Waals surface area (Å²) in [7, 11) is 0. The average Bonchev–Trinajstić information content (AvgIpc) is 3.34. The number of urea groups is 1. The van der Waals surface area contributed by atoms with Crippen molar-refractivity contribution in [2.75, 3.05) is 10.6 Å². The Kier molecular flexibility index (Phi) is 6.71. The van der Waals surface area contributed by atoms with E-state index in [2.05, 4.69) is 59.6 Å². The zero-order valence-corrected chi connectivity index (χ0v) is 23.5. The van der Waals surface area contributed by atoms with Crippen molar-refractivity contribution < 1.29 is 9.21 Å². The number of aryl methyl sites for hydroxylation is 1. The quantitative estimate of drug-likeness (QED) is 0.229. The molecule has 7 nitrogen and oxygen atoms in total. The molecule has 3 aromatic heterocycles. The van der Waals surface area contributed by atoms with Gasteiger partial charge in [0.05, 0.1) is 11.4 Å². The summed E-state index contributed by atoms with van der Waals surface area (Å²) in [4.78, 5) is 26.6. The highest BCUT2D eigenvalue weighted by Gasteiger charge is 2.20. The van der Waals surface area contributed by atoms with Crippen molar-refractivity contribution >= 4 is 39.3 Å². The minimum atomic E-state index is -0.355. The number of hydrogen-bond donors (Lipinski definition) is 2. The molecule has 0 bridgehead atoms. The van der Waals surface area contributed by atoms with E-state index in [1.807, 2.05) is 60.8 Å². The number of nitrogens with one attached hydrogen (secondary N) is 2. The lowest BCUT2D eigenvalue weighted by atomic mass is 9.86. The number of oxazole rings is 1. The molecule has 0 saturated carbocycles. The van der Waals surface area contributed by atoms with Crippen LogP contribution in [0, 0.1) is 6.92 Å². The number of hydrogen-bond acceptors (Lipinski definition) is 5. The van der Waals surface area contributed by atoms with Crippen molar-refractivity contribution in [2.45, 2.75) is 39.5 Å². The lowest BCUT2D eigenvalue weighted by molar-refractivity contribution is 0.262. The fourth-order valence-corrected chi connectivity index (χ4v) is 5.00. The summed E-state index contributed by atoms with van der Waals surface area (Å²) in [6, 6.07) is 23.8. The van der Waals surface area contributed by atoms with Gasteiger partial charge in [0.25, 0.3) is 0 Å². The van der Waals surface area contributed by atoms with Crippen LogP contribution in [0.15, 0.2) is 95.8 Å². The first-order chi connectivity index (χ1) is 19.7. The molecule has 0 spiro atoms. The van der Waals surface area contributed by atoms with Gasteiger partial charge >= 0.3 is 6.03 Å². The fourth-order valence-electron chi connectivity index (χ4n) is 5.00.